The Bertz CT molecular complexity index is 156. The molecular formula is C10H20OS. The highest BCUT2D eigenvalue weighted by atomic mass is 32.2. The molecule has 2 heteroatoms. The Labute approximate surface area is 78.4 Å². The molecule has 0 spiro atoms. The monoisotopic (exact) mass is 188 g/mol. The molecule has 3 atom stereocenters. The highest BCUT2D eigenvalue weighted by molar-refractivity contribution is 7.85. The highest BCUT2D eigenvalue weighted by Crippen LogP contribution is 2.27. The van der Waals surface area contributed by atoms with Crippen LogP contribution in [0.2, 0.25) is 0 Å². The van der Waals surface area contributed by atoms with Crippen molar-refractivity contribution in [1.82, 2.24) is 0 Å². The summed E-state index contributed by atoms with van der Waals surface area (Å²) >= 11 is 0. The van der Waals surface area contributed by atoms with Crippen LogP contribution in [0, 0.1) is 5.92 Å². The Balaban J connectivity index is 2.42. The minimum Gasteiger partial charge on any atom is -0.259 e. The number of hydrogen-bond donors (Lipinski definition) is 0. The van der Waals surface area contributed by atoms with Crippen molar-refractivity contribution in [3.05, 3.63) is 0 Å². The molecule has 0 aromatic heterocycles. The maximum absolute atomic E-state index is 11.7. The van der Waals surface area contributed by atoms with E-state index in [0.29, 0.717) is 11.2 Å². The average molecular weight is 188 g/mol. The predicted molar refractivity (Wildman–Crippen MR) is 54.7 cm³/mol. The normalized spacial score (nSPS) is 33.2. The van der Waals surface area contributed by atoms with Gasteiger partial charge in [0.1, 0.15) is 0 Å². The van der Waals surface area contributed by atoms with Gasteiger partial charge >= 0.3 is 0 Å². The summed E-state index contributed by atoms with van der Waals surface area (Å²) in [7, 11) is -0.537. The van der Waals surface area contributed by atoms with E-state index in [-0.39, 0.29) is 0 Å². The Morgan fingerprint density at radius 2 is 2.00 bits per heavy atom. The summed E-state index contributed by atoms with van der Waals surface area (Å²) in [5, 5.41) is 0.513. The van der Waals surface area contributed by atoms with Crippen LogP contribution in [0.5, 0.6) is 0 Å². The maximum Gasteiger partial charge on any atom is 0.0373 e. The molecule has 1 nitrogen and oxygen atoms in total. The first kappa shape index (κ1) is 10.2. The van der Waals surface area contributed by atoms with Gasteiger partial charge in [0.15, 0.2) is 0 Å². The van der Waals surface area contributed by atoms with Gasteiger partial charge in [-0.05, 0) is 25.2 Å². The molecule has 1 rings (SSSR count). The lowest BCUT2D eigenvalue weighted by atomic mass is 9.90. The molecule has 0 heterocycles. The fourth-order valence-electron chi connectivity index (χ4n) is 2.03. The van der Waals surface area contributed by atoms with Crippen LogP contribution in [0.3, 0.4) is 0 Å². The Morgan fingerprint density at radius 1 is 1.33 bits per heavy atom. The lowest BCUT2D eigenvalue weighted by molar-refractivity contribution is 0.390. The molecule has 12 heavy (non-hydrogen) atoms. The van der Waals surface area contributed by atoms with Gasteiger partial charge < -0.3 is 0 Å². The molecule has 72 valence electrons. The molecule has 0 bridgehead atoms. The summed E-state index contributed by atoms with van der Waals surface area (Å²) in [5.41, 5.74) is 0. The van der Waals surface area contributed by atoms with Crippen LogP contribution >= 0.6 is 0 Å². The second-order valence-corrected chi connectivity index (χ2v) is 5.66. The van der Waals surface area contributed by atoms with Crippen molar-refractivity contribution in [2.75, 3.05) is 5.75 Å². The number of hydrogen-bond acceptors (Lipinski definition) is 1. The van der Waals surface area contributed by atoms with E-state index >= 15 is 0 Å². The van der Waals surface area contributed by atoms with Gasteiger partial charge in [0.25, 0.3) is 0 Å². The maximum atomic E-state index is 11.7. The molecule has 3 unspecified atom stereocenters. The molecule has 1 aliphatic carbocycles. The fraction of sp³-hybridized carbons (Fsp3) is 1.00. The first-order valence-electron chi connectivity index (χ1n) is 5.13. The summed E-state index contributed by atoms with van der Waals surface area (Å²) in [5.74, 6) is 1.61. The molecule has 0 saturated heterocycles. The standard InChI is InChI=1S/C10H20OS/c1-3-8-12(11)10-7-5-4-6-9(10)2/h9-10H,3-8H2,1-2H3. The van der Waals surface area contributed by atoms with Crippen molar-refractivity contribution in [3.63, 3.8) is 0 Å². The van der Waals surface area contributed by atoms with Crippen molar-refractivity contribution in [2.24, 2.45) is 5.92 Å². The SMILES string of the molecule is CCCS(=O)C1CCCCC1C. The van der Waals surface area contributed by atoms with Gasteiger partial charge in [0.2, 0.25) is 0 Å². The van der Waals surface area contributed by atoms with E-state index in [1.165, 1.54) is 25.7 Å². The summed E-state index contributed by atoms with van der Waals surface area (Å²) < 4.78 is 11.7. The Morgan fingerprint density at radius 3 is 2.58 bits per heavy atom. The van der Waals surface area contributed by atoms with Gasteiger partial charge in [-0.15, -0.1) is 0 Å². The van der Waals surface area contributed by atoms with Crippen LogP contribution in [0.4, 0.5) is 0 Å². The van der Waals surface area contributed by atoms with E-state index in [2.05, 4.69) is 13.8 Å². The zero-order chi connectivity index (χ0) is 8.97. The fourth-order valence-corrected chi connectivity index (χ4v) is 3.81. The van der Waals surface area contributed by atoms with Crippen molar-refractivity contribution in [2.45, 2.75) is 51.2 Å². The first-order chi connectivity index (χ1) is 5.75. The van der Waals surface area contributed by atoms with Gasteiger partial charge in [-0.1, -0.05) is 26.7 Å². The van der Waals surface area contributed by atoms with Crippen LogP contribution < -0.4 is 0 Å². The Hall–Kier alpha value is 0.150. The highest BCUT2D eigenvalue weighted by Gasteiger charge is 2.25. The lowest BCUT2D eigenvalue weighted by Gasteiger charge is -2.27. The third kappa shape index (κ3) is 2.58. The van der Waals surface area contributed by atoms with E-state index < -0.39 is 10.8 Å². The molecule has 0 N–H and O–H groups in total. The molecule has 0 aromatic rings. The molecule has 0 aromatic carbocycles. The average Bonchev–Trinajstić information content (AvgIpc) is 2.05. The first-order valence-corrected chi connectivity index (χ1v) is 6.51. The predicted octanol–water partition coefficient (Wildman–Crippen LogP) is 2.72. The second kappa shape index (κ2) is 5.00. The second-order valence-electron chi connectivity index (χ2n) is 3.89. The van der Waals surface area contributed by atoms with Crippen molar-refractivity contribution in [1.29, 1.82) is 0 Å². The van der Waals surface area contributed by atoms with Crippen molar-refractivity contribution in [3.8, 4) is 0 Å². The van der Waals surface area contributed by atoms with Crippen molar-refractivity contribution < 1.29 is 4.21 Å². The largest absolute Gasteiger partial charge is 0.259 e. The quantitative estimate of drug-likeness (QED) is 0.665. The number of rotatable bonds is 3. The van der Waals surface area contributed by atoms with E-state index in [0.717, 1.165) is 12.2 Å². The summed E-state index contributed by atoms with van der Waals surface area (Å²) in [6.07, 6.45) is 6.20. The van der Waals surface area contributed by atoms with Crippen molar-refractivity contribution >= 4 is 10.8 Å². The molecular weight excluding hydrogens is 168 g/mol. The summed E-state index contributed by atoms with van der Waals surface area (Å²) in [6, 6.07) is 0. The molecule has 0 amide bonds. The molecule has 0 radical (unpaired) electrons. The molecule has 1 aliphatic rings. The van der Waals surface area contributed by atoms with E-state index in [9.17, 15) is 4.21 Å². The molecule has 1 saturated carbocycles. The van der Waals surface area contributed by atoms with Crippen LogP contribution in [-0.4, -0.2) is 15.2 Å². The van der Waals surface area contributed by atoms with E-state index in [1.807, 2.05) is 0 Å². The van der Waals surface area contributed by atoms with Gasteiger partial charge in [0, 0.05) is 21.8 Å². The van der Waals surface area contributed by atoms with Crippen LogP contribution in [-0.2, 0) is 10.8 Å². The summed E-state index contributed by atoms with van der Waals surface area (Å²) in [6.45, 7) is 4.38. The topological polar surface area (TPSA) is 17.1 Å². The van der Waals surface area contributed by atoms with Gasteiger partial charge in [0.05, 0.1) is 0 Å². The zero-order valence-corrected chi connectivity index (χ0v) is 9.03. The third-order valence-electron chi connectivity index (χ3n) is 2.78. The van der Waals surface area contributed by atoms with E-state index in [4.69, 9.17) is 0 Å². The minimum atomic E-state index is -0.537. The van der Waals surface area contributed by atoms with Crippen LogP contribution in [0.1, 0.15) is 46.0 Å². The van der Waals surface area contributed by atoms with E-state index in [1.54, 1.807) is 0 Å². The van der Waals surface area contributed by atoms with Gasteiger partial charge in [-0.2, -0.15) is 0 Å². The molecule has 0 aliphatic heterocycles. The zero-order valence-electron chi connectivity index (χ0n) is 8.21. The van der Waals surface area contributed by atoms with Gasteiger partial charge in [-0.25, -0.2) is 0 Å². The smallest absolute Gasteiger partial charge is 0.0373 e. The summed E-state index contributed by atoms with van der Waals surface area (Å²) in [4.78, 5) is 0. The lowest BCUT2D eigenvalue weighted by Crippen LogP contribution is -2.28. The Kier molecular flexibility index (Phi) is 4.27. The van der Waals surface area contributed by atoms with Crippen LogP contribution in [0.25, 0.3) is 0 Å². The van der Waals surface area contributed by atoms with Crippen LogP contribution in [0.15, 0.2) is 0 Å². The third-order valence-corrected chi connectivity index (χ3v) is 4.96. The minimum absolute atomic E-state index is 0.513. The van der Waals surface area contributed by atoms with Gasteiger partial charge in [-0.3, -0.25) is 4.21 Å². The molecule has 1 fully saturated rings.